The van der Waals surface area contributed by atoms with E-state index in [2.05, 4.69) is 5.32 Å². The molecule has 0 spiro atoms. The minimum atomic E-state index is -0.549. The number of ketones is 1. The summed E-state index contributed by atoms with van der Waals surface area (Å²) in [5, 5.41) is 13.0. The second kappa shape index (κ2) is 8.37. The summed E-state index contributed by atoms with van der Waals surface area (Å²) >= 11 is 0. The van der Waals surface area contributed by atoms with Gasteiger partial charge in [0.15, 0.2) is 5.78 Å². The van der Waals surface area contributed by atoms with E-state index in [9.17, 15) is 9.90 Å². The lowest BCUT2D eigenvalue weighted by molar-refractivity contribution is 0.0964. The van der Waals surface area contributed by atoms with Gasteiger partial charge in [-0.25, -0.2) is 0 Å². The van der Waals surface area contributed by atoms with Crippen LogP contribution in [0.15, 0.2) is 18.2 Å². The molecule has 2 rings (SSSR count). The summed E-state index contributed by atoms with van der Waals surface area (Å²) in [6.45, 7) is 4.81. The highest BCUT2D eigenvalue weighted by atomic mass is 35.5. The van der Waals surface area contributed by atoms with Crippen molar-refractivity contribution in [1.82, 2.24) is 5.32 Å². The number of hydrogen-bond acceptors (Lipinski definition) is 4. The Morgan fingerprint density at radius 1 is 1.33 bits per heavy atom. The molecule has 0 aliphatic heterocycles. The topological polar surface area (TPSA) is 58.6 Å². The molecule has 0 heterocycles. The molecule has 1 atom stereocenters. The van der Waals surface area contributed by atoms with Crippen LogP contribution in [0.1, 0.15) is 42.6 Å². The number of benzene rings is 1. The fourth-order valence-corrected chi connectivity index (χ4v) is 2.40. The van der Waals surface area contributed by atoms with Crippen molar-refractivity contribution in [1.29, 1.82) is 0 Å². The molecule has 1 aromatic carbocycles. The normalized spacial score (nSPS) is 15.3. The Kier molecular flexibility index (Phi) is 7.15. The van der Waals surface area contributed by atoms with Crippen molar-refractivity contribution >= 4 is 18.2 Å². The minimum absolute atomic E-state index is 0. The Balaban J connectivity index is 0.00000220. The van der Waals surface area contributed by atoms with Gasteiger partial charge in [0, 0.05) is 30.1 Å². The summed E-state index contributed by atoms with van der Waals surface area (Å²) in [5.74, 6) is 0.929. The lowest BCUT2D eigenvalue weighted by Crippen LogP contribution is -2.35. The van der Waals surface area contributed by atoms with Crippen LogP contribution in [0.2, 0.25) is 0 Å². The summed E-state index contributed by atoms with van der Waals surface area (Å²) < 4.78 is 5.70. The zero-order chi connectivity index (χ0) is 14.5. The van der Waals surface area contributed by atoms with Crippen molar-refractivity contribution in [2.24, 2.45) is 0 Å². The van der Waals surface area contributed by atoms with Gasteiger partial charge in [0.2, 0.25) is 0 Å². The Labute approximate surface area is 132 Å². The summed E-state index contributed by atoms with van der Waals surface area (Å²) in [6, 6.07) is 5.92. The highest BCUT2D eigenvalue weighted by molar-refractivity contribution is 5.99. The average Bonchev–Trinajstić information content (AvgIpc) is 2.43. The van der Waals surface area contributed by atoms with Gasteiger partial charge in [0.25, 0.3) is 0 Å². The molecule has 1 aliphatic rings. The number of Topliss-reactive ketones (excluding diaryl/α,β-unsaturated/α-hetero) is 1. The third kappa shape index (κ3) is 4.99. The molecule has 0 saturated carbocycles. The van der Waals surface area contributed by atoms with E-state index < -0.39 is 6.10 Å². The van der Waals surface area contributed by atoms with Gasteiger partial charge in [-0.15, -0.1) is 12.4 Å². The van der Waals surface area contributed by atoms with Crippen LogP contribution in [-0.2, 0) is 6.42 Å². The number of aliphatic hydroxyl groups excluding tert-OH is 1. The lowest BCUT2D eigenvalue weighted by atomic mass is 9.90. The first-order valence-electron chi connectivity index (χ1n) is 7.27. The van der Waals surface area contributed by atoms with E-state index in [0.717, 1.165) is 29.7 Å². The molecule has 1 aliphatic carbocycles. The molecule has 118 valence electrons. The van der Waals surface area contributed by atoms with Gasteiger partial charge in [-0.05, 0) is 18.9 Å². The first kappa shape index (κ1) is 18.0. The van der Waals surface area contributed by atoms with Crippen molar-refractivity contribution in [2.45, 2.75) is 45.3 Å². The molecule has 1 unspecified atom stereocenters. The van der Waals surface area contributed by atoms with Crippen LogP contribution in [0.5, 0.6) is 5.75 Å². The van der Waals surface area contributed by atoms with Gasteiger partial charge in [0.1, 0.15) is 18.5 Å². The Hall–Kier alpha value is -1.10. The van der Waals surface area contributed by atoms with Gasteiger partial charge in [-0.1, -0.05) is 26.0 Å². The Bertz CT molecular complexity index is 477. The number of fused-ring (bicyclic) bond motifs is 1. The van der Waals surface area contributed by atoms with Crippen LogP contribution in [0.25, 0.3) is 0 Å². The third-order valence-electron chi connectivity index (χ3n) is 3.46. The van der Waals surface area contributed by atoms with Crippen LogP contribution in [0.4, 0.5) is 0 Å². The zero-order valence-electron chi connectivity index (χ0n) is 12.6. The van der Waals surface area contributed by atoms with E-state index in [4.69, 9.17) is 4.74 Å². The predicted octanol–water partition coefficient (Wildman–Crippen LogP) is 2.37. The molecular formula is C16H24ClNO3. The van der Waals surface area contributed by atoms with Crippen LogP contribution < -0.4 is 10.1 Å². The Morgan fingerprint density at radius 3 is 2.81 bits per heavy atom. The number of halogens is 1. The number of carbonyl (C=O) groups is 1. The summed E-state index contributed by atoms with van der Waals surface area (Å²) in [4.78, 5) is 11.8. The second-order valence-electron chi connectivity index (χ2n) is 5.59. The van der Waals surface area contributed by atoms with Crippen molar-refractivity contribution in [3.05, 3.63) is 29.3 Å². The maximum absolute atomic E-state index is 11.8. The third-order valence-corrected chi connectivity index (χ3v) is 3.46. The molecule has 2 N–H and O–H groups in total. The molecule has 1 aromatic rings. The monoisotopic (exact) mass is 313 g/mol. The number of ether oxygens (including phenoxy) is 1. The van der Waals surface area contributed by atoms with Gasteiger partial charge < -0.3 is 15.2 Å². The van der Waals surface area contributed by atoms with Crippen LogP contribution in [0.3, 0.4) is 0 Å². The zero-order valence-corrected chi connectivity index (χ0v) is 13.4. The largest absolute Gasteiger partial charge is 0.491 e. The molecule has 0 aromatic heterocycles. The summed E-state index contributed by atoms with van der Waals surface area (Å²) in [5.41, 5.74) is 1.77. The van der Waals surface area contributed by atoms with Crippen molar-refractivity contribution < 1.29 is 14.6 Å². The molecule has 0 saturated heterocycles. The summed E-state index contributed by atoms with van der Waals surface area (Å²) in [6.07, 6.45) is 1.83. The van der Waals surface area contributed by atoms with E-state index >= 15 is 0 Å². The number of carbonyl (C=O) groups excluding carboxylic acids is 1. The van der Waals surface area contributed by atoms with E-state index in [1.165, 1.54) is 0 Å². The smallest absolute Gasteiger partial charge is 0.163 e. The van der Waals surface area contributed by atoms with Gasteiger partial charge >= 0.3 is 0 Å². The molecule has 0 fully saturated rings. The summed E-state index contributed by atoms with van der Waals surface area (Å²) in [7, 11) is 0. The highest BCUT2D eigenvalue weighted by Crippen LogP contribution is 2.29. The van der Waals surface area contributed by atoms with E-state index in [1.54, 1.807) is 0 Å². The predicted molar refractivity (Wildman–Crippen MR) is 85.6 cm³/mol. The van der Waals surface area contributed by atoms with E-state index in [-0.39, 0.29) is 24.8 Å². The fraction of sp³-hybridized carbons (Fsp3) is 0.562. The maximum Gasteiger partial charge on any atom is 0.163 e. The maximum atomic E-state index is 11.8. The van der Waals surface area contributed by atoms with Crippen molar-refractivity contribution in [3.8, 4) is 5.75 Å². The molecule has 21 heavy (non-hydrogen) atoms. The average molecular weight is 314 g/mol. The standard InChI is InChI=1S/C16H23NO3.ClH/c1-11(2)17-9-12(18)10-20-16-8-4-5-13-14(16)6-3-7-15(13)19;/h4-5,8,11-12,17-18H,3,6-7,9-10H2,1-2H3;1H. The van der Waals surface area contributed by atoms with E-state index in [0.29, 0.717) is 19.0 Å². The quantitative estimate of drug-likeness (QED) is 0.846. The molecule has 0 amide bonds. The molecule has 0 bridgehead atoms. The van der Waals surface area contributed by atoms with Gasteiger partial charge in [0.05, 0.1) is 0 Å². The van der Waals surface area contributed by atoms with Crippen LogP contribution in [0, 0.1) is 0 Å². The van der Waals surface area contributed by atoms with Crippen molar-refractivity contribution in [3.63, 3.8) is 0 Å². The number of rotatable bonds is 6. The number of hydrogen-bond donors (Lipinski definition) is 2. The first-order valence-corrected chi connectivity index (χ1v) is 7.27. The van der Waals surface area contributed by atoms with Gasteiger partial charge in [-0.2, -0.15) is 0 Å². The first-order chi connectivity index (χ1) is 9.58. The van der Waals surface area contributed by atoms with E-state index in [1.807, 2.05) is 32.0 Å². The van der Waals surface area contributed by atoms with Gasteiger partial charge in [-0.3, -0.25) is 4.79 Å². The SMILES string of the molecule is CC(C)NCC(O)COc1cccc2c1CCCC2=O.Cl. The Morgan fingerprint density at radius 2 is 2.10 bits per heavy atom. The molecule has 0 radical (unpaired) electrons. The minimum Gasteiger partial charge on any atom is -0.491 e. The molecular weight excluding hydrogens is 290 g/mol. The van der Waals surface area contributed by atoms with Crippen LogP contribution >= 0.6 is 12.4 Å². The molecule has 4 nitrogen and oxygen atoms in total. The number of aliphatic hydroxyl groups is 1. The number of nitrogens with one attached hydrogen (secondary N) is 1. The second-order valence-corrected chi connectivity index (χ2v) is 5.59. The fourth-order valence-electron chi connectivity index (χ4n) is 2.40. The highest BCUT2D eigenvalue weighted by Gasteiger charge is 2.20. The molecule has 5 heteroatoms. The van der Waals surface area contributed by atoms with Crippen molar-refractivity contribution in [2.75, 3.05) is 13.2 Å². The van der Waals surface area contributed by atoms with Crippen LogP contribution in [-0.4, -0.2) is 36.2 Å². The lowest BCUT2D eigenvalue weighted by Gasteiger charge is -2.20.